The maximum Gasteiger partial charge on any atom is 0.142 e. The lowest BCUT2D eigenvalue weighted by molar-refractivity contribution is 0.631. The normalized spacial score (nSPS) is 10.4. The maximum absolute atomic E-state index is 14.3. The van der Waals surface area contributed by atoms with E-state index in [9.17, 15) is 9.65 Å². The van der Waals surface area contributed by atoms with Gasteiger partial charge >= 0.3 is 0 Å². The van der Waals surface area contributed by atoms with Crippen LogP contribution in [0.5, 0.6) is 0 Å². The average molecular weight is 338 g/mol. The minimum Gasteiger partial charge on any atom is -0.383 e. The van der Waals surface area contributed by atoms with Crippen molar-refractivity contribution in [3.8, 4) is 28.5 Å². The molecule has 0 unspecified atom stereocenters. The van der Waals surface area contributed by atoms with Gasteiger partial charge in [-0.05, 0) is 30.7 Å². The molecule has 0 aliphatic carbocycles. The molecule has 3 aromatic rings. The van der Waals surface area contributed by atoms with Gasteiger partial charge in [-0.1, -0.05) is 41.9 Å². The molecule has 0 spiro atoms. The van der Waals surface area contributed by atoms with Crippen molar-refractivity contribution in [2.24, 2.45) is 0 Å². The Labute approximate surface area is 144 Å². The Bertz CT molecular complexity index is 977. The van der Waals surface area contributed by atoms with Crippen LogP contribution in [0.4, 0.5) is 10.2 Å². The van der Waals surface area contributed by atoms with Gasteiger partial charge in [0, 0.05) is 21.7 Å². The van der Waals surface area contributed by atoms with Crippen LogP contribution in [-0.2, 0) is 0 Å². The van der Waals surface area contributed by atoms with Crippen molar-refractivity contribution in [2.45, 2.75) is 6.92 Å². The minimum absolute atomic E-state index is 0.0660. The Kier molecular flexibility index (Phi) is 4.20. The van der Waals surface area contributed by atoms with Crippen LogP contribution < -0.4 is 5.73 Å². The number of nitrogen functional groups attached to an aromatic ring is 1. The molecule has 3 rings (SSSR count). The van der Waals surface area contributed by atoms with E-state index in [0.717, 1.165) is 5.56 Å². The smallest absolute Gasteiger partial charge is 0.142 e. The van der Waals surface area contributed by atoms with Gasteiger partial charge < -0.3 is 5.73 Å². The molecular weight excluding hydrogens is 325 g/mol. The van der Waals surface area contributed by atoms with Crippen molar-refractivity contribution >= 4 is 17.4 Å². The number of rotatable bonds is 2. The summed E-state index contributed by atoms with van der Waals surface area (Å²) >= 11 is 6.06. The van der Waals surface area contributed by atoms with Gasteiger partial charge in [0.25, 0.3) is 0 Å². The van der Waals surface area contributed by atoms with Gasteiger partial charge in [-0.3, -0.25) is 0 Å². The standard InChI is InChI=1S/C19H13ClFN3/c1-11-17(14-7-2-3-8-16(14)21)15(10-22)19(23)24-18(11)12-5-4-6-13(20)9-12/h2-9H,1H3,(H2,23,24). The minimum atomic E-state index is -0.417. The third-order valence-electron chi connectivity index (χ3n) is 3.82. The topological polar surface area (TPSA) is 62.7 Å². The zero-order valence-electron chi connectivity index (χ0n) is 12.8. The van der Waals surface area contributed by atoms with E-state index in [1.807, 2.05) is 12.1 Å². The van der Waals surface area contributed by atoms with Crippen molar-refractivity contribution < 1.29 is 4.39 Å². The van der Waals surface area contributed by atoms with E-state index in [1.54, 1.807) is 43.3 Å². The van der Waals surface area contributed by atoms with Gasteiger partial charge in [-0.2, -0.15) is 5.26 Å². The summed E-state index contributed by atoms with van der Waals surface area (Å²) in [6.07, 6.45) is 0. The van der Waals surface area contributed by atoms with Crippen LogP contribution >= 0.6 is 11.6 Å². The van der Waals surface area contributed by atoms with Crippen LogP contribution in [0.1, 0.15) is 11.1 Å². The second-order valence-electron chi connectivity index (χ2n) is 5.32. The quantitative estimate of drug-likeness (QED) is 0.718. The summed E-state index contributed by atoms with van der Waals surface area (Å²) in [7, 11) is 0. The fraction of sp³-hybridized carbons (Fsp3) is 0.0526. The number of nitrogens with zero attached hydrogens (tertiary/aromatic N) is 2. The third kappa shape index (κ3) is 2.70. The largest absolute Gasteiger partial charge is 0.383 e. The number of pyridine rings is 1. The highest BCUT2D eigenvalue weighted by Crippen LogP contribution is 2.37. The van der Waals surface area contributed by atoms with E-state index >= 15 is 0 Å². The lowest BCUT2D eigenvalue weighted by atomic mass is 9.92. The second kappa shape index (κ2) is 6.31. The Hall–Kier alpha value is -2.90. The fourth-order valence-corrected chi connectivity index (χ4v) is 2.92. The van der Waals surface area contributed by atoms with E-state index in [4.69, 9.17) is 17.3 Å². The zero-order chi connectivity index (χ0) is 17.3. The first-order chi connectivity index (χ1) is 11.5. The molecule has 118 valence electrons. The van der Waals surface area contributed by atoms with Crippen LogP contribution in [0.25, 0.3) is 22.4 Å². The predicted molar refractivity (Wildman–Crippen MR) is 93.9 cm³/mol. The molecule has 2 aromatic carbocycles. The number of benzene rings is 2. The summed E-state index contributed by atoms with van der Waals surface area (Å²) in [4.78, 5) is 4.34. The van der Waals surface area contributed by atoms with E-state index in [-0.39, 0.29) is 11.4 Å². The monoisotopic (exact) mass is 337 g/mol. The average Bonchev–Trinajstić information content (AvgIpc) is 2.57. The predicted octanol–water partition coefficient (Wildman–Crippen LogP) is 4.97. The molecular formula is C19H13ClFN3. The Balaban J connectivity index is 2.37. The van der Waals surface area contributed by atoms with Crippen LogP contribution in [0, 0.1) is 24.1 Å². The van der Waals surface area contributed by atoms with Crippen LogP contribution in [-0.4, -0.2) is 4.98 Å². The van der Waals surface area contributed by atoms with Crippen LogP contribution in [0.2, 0.25) is 5.02 Å². The van der Waals surface area contributed by atoms with Gasteiger partial charge in [0.15, 0.2) is 0 Å². The number of aromatic nitrogens is 1. The number of hydrogen-bond acceptors (Lipinski definition) is 3. The molecule has 0 radical (unpaired) electrons. The third-order valence-corrected chi connectivity index (χ3v) is 4.06. The zero-order valence-corrected chi connectivity index (χ0v) is 13.6. The van der Waals surface area contributed by atoms with Crippen molar-refractivity contribution in [2.75, 3.05) is 5.73 Å². The molecule has 2 N–H and O–H groups in total. The van der Waals surface area contributed by atoms with E-state index in [2.05, 4.69) is 4.98 Å². The van der Waals surface area contributed by atoms with Crippen molar-refractivity contribution in [3.05, 3.63) is 70.5 Å². The first-order valence-electron chi connectivity index (χ1n) is 7.24. The molecule has 24 heavy (non-hydrogen) atoms. The Morgan fingerprint density at radius 1 is 1.17 bits per heavy atom. The number of anilines is 1. The number of nitrogens with two attached hydrogens (primary N) is 1. The van der Waals surface area contributed by atoms with E-state index in [0.29, 0.717) is 27.4 Å². The number of nitriles is 1. The molecule has 0 aliphatic rings. The molecule has 1 heterocycles. The molecule has 0 atom stereocenters. The van der Waals surface area contributed by atoms with Crippen molar-refractivity contribution in [3.63, 3.8) is 0 Å². The van der Waals surface area contributed by atoms with E-state index < -0.39 is 5.82 Å². The molecule has 0 saturated heterocycles. The fourth-order valence-electron chi connectivity index (χ4n) is 2.72. The highest BCUT2D eigenvalue weighted by molar-refractivity contribution is 6.30. The highest BCUT2D eigenvalue weighted by Gasteiger charge is 2.20. The lowest BCUT2D eigenvalue weighted by Gasteiger charge is -2.15. The first kappa shape index (κ1) is 16.0. The van der Waals surface area contributed by atoms with Crippen LogP contribution in [0.3, 0.4) is 0 Å². The van der Waals surface area contributed by atoms with Gasteiger partial charge in [-0.25, -0.2) is 9.37 Å². The summed E-state index contributed by atoms with van der Waals surface area (Å²) in [5.41, 5.74) is 8.93. The molecule has 0 bridgehead atoms. The lowest BCUT2D eigenvalue weighted by Crippen LogP contribution is -2.04. The van der Waals surface area contributed by atoms with Crippen molar-refractivity contribution in [1.29, 1.82) is 5.26 Å². The Morgan fingerprint density at radius 3 is 2.58 bits per heavy atom. The summed E-state index contributed by atoms with van der Waals surface area (Å²) in [6, 6.07) is 15.5. The summed E-state index contributed by atoms with van der Waals surface area (Å²) in [6.45, 7) is 1.80. The van der Waals surface area contributed by atoms with E-state index in [1.165, 1.54) is 6.07 Å². The Morgan fingerprint density at radius 2 is 1.92 bits per heavy atom. The SMILES string of the molecule is Cc1c(-c2cccc(Cl)c2)nc(N)c(C#N)c1-c1ccccc1F. The van der Waals surface area contributed by atoms with Gasteiger partial charge in [0.2, 0.25) is 0 Å². The first-order valence-corrected chi connectivity index (χ1v) is 7.61. The molecule has 0 amide bonds. The second-order valence-corrected chi connectivity index (χ2v) is 5.76. The maximum atomic E-state index is 14.3. The molecule has 0 aliphatic heterocycles. The molecule has 1 aromatic heterocycles. The van der Waals surface area contributed by atoms with Gasteiger partial charge in [0.1, 0.15) is 23.3 Å². The molecule has 0 fully saturated rings. The summed E-state index contributed by atoms with van der Waals surface area (Å²) in [5.74, 6) is -0.351. The van der Waals surface area contributed by atoms with Gasteiger partial charge in [0.05, 0.1) is 5.69 Å². The molecule has 5 heteroatoms. The molecule has 0 saturated carbocycles. The number of halogens is 2. The number of hydrogen-bond donors (Lipinski definition) is 1. The highest BCUT2D eigenvalue weighted by atomic mass is 35.5. The molecule has 3 nitrogen and oxygen atoms in total. The summed E-state index contributed by atoms with van der Waals surface area (Å²) < 4.78 is 14.3. The van der Waals surface area contributed by atoms with Crippen molar-refractivity contribution in [1.82, 2.24) is 4.98 Å². The summed E-state index contributed by atoms with van der Waals surface area (Å²) in [5, 5.41) is 10.0. The van der Waals surface area contributed by atoms with Gasteiger partial charge in [-0.15, -0.1) is 0 Å². The van der Waals surface area contributed by atoms with Crippen LogP contribution in [0.15, 0.2) is 48.5 Å².